The van der Waals surface area contributed by atoms with Gasteiger partial charge in [-0.25, -0.2) is 22.9 Å². The average Bonchev–Trinajstić information content (AvgIpc) is 3.37. The molecule has 0 bridgehead atoms. The van der Waals surface area contributed by atoms with Crippen molar-refractivity contribution in [3.63, 3.8) is 0 Å². The summed E-state index contributed by atoms with van der Waals surface area (Å²) in [5, 5.41) is 14.3. The summed E-state index contributed by atoms with van der Waals surface area (Å²) in [6, 6.07) is 10.1. The summed E-state index contributed by atoms with van der Waals surface area (Å²) in [4.78, 5) is 39.0. The zero-order valence-electron chi connectivity index (χ0n) is 19.5. The molecule has 0 unspecified atom stereocenters. The van der Waals surface area contributed by atoms with Crippen molar-refractivity contribution in [3.05, 3.63) is 53.4 Å². The molecule has 1 aromatic heterocycles. The largest absolute Gasteiger partial charge is 0.359 e. The van der Waals surface area contributed by atoms with Gasteiger partial charge in [-0.2, -0.15) is 0 Å². The second-order valence-electron chi connectivity index (χ2n) is 8.26. The number of nitrogens with zero attached hydrogens (tertiary/aromatic N) is 2. The summed E-state index contributed by atoms with van der Waals surface area (Å²) >= 11 is 1.04. The molecule has 1 atom stereocenters. The molecule has 34 heavy (non-hydrogen) atoms. The fourth-order valence-electron chi connectivity index (χ4n) is 3.29. The normalized spacial score (nSPS) is 12.3. The fraction of sp³-hybridized carbons (Fsp3) is 0.435. The Morgan fingerprint density at radius 3 is 2.29 bits per heavy atom. The van der Waals surface area contributed by atoms with Crippen LogP contribution in [0.1, 0.15) is 32.3 Å². The van der Waals surface area contributed by atoms with Crippen LogP contribution in [0.2, 0.25) is 0 Å². The van der Waals surface area contributed by atoms with E-state index in [1.165, 1.54) is 13.1 Å². The van der Waals surface area contributed by atoms with E-state index in [2.05, 4.69) is 5.32 Å². The molecule has 2 rings (SSSR count). The number of hydroxylamine groups is 2. The molecule has 0 spiro atoms. The molecule has 11 heteroatoms. The number of carbonyl (C=O) groups excluding carboxylic acids is 3. The van der Waals surface area contributed by atoms with Crippen molar-refractivity contribution in [2.45, 2.75) is 37.3 Å². The summed E-state index contributed by atoms with van der Waals surface area (Å²) in [7, 11) is -2.47. The smallest absolute Gasteiger partial charge is 0.341 e. The number of rotatable bonds is 10. The van der Waals surface area contributed by atoms with E-state index in [0.717, 1.165) is 21.8 Å². The Morgan fingerprint density at radius 2 is 1.74 bits per heavy atom. The first kappa shape index (κ1) is 27.5. The average molecular weight is 510 g/mol. The molecule has 0 fully saturated rings. The Balaban J connectivity index is 2.21. The predicted octanol–water partition coefficient (Wildman–Crippen LogP) is 3.80. The number of hydrogen-bond acceptors (Lipinski definition) is 7. The molecule has 0 saturated heterocycles. The van der Waals surface area contributed by atoms with E-state index in [1.807, 2.05) is 44.2 Å². The lowest BCUT2D eigenvalue weighted by Gasteiger charge is -2.26. The highest BCUT2D eigenvalue weighted by atomic mass is 32.2. The van der Waals surface area contributed by atoms with Crippen LogP contribution in [-0.2, 0) is 21.1 Å². The van der Waals surface area contributed by atoms with Crippen molar-refractivity contribution >= 4 is 39.1 Å². The minimum Gasteiger partial charge on any atom is -0.341 e. The first-order valence-electron chi connectivity index (χ1n) is 10.9. The Kier molecular flexibility index (Phi) is 10.2. The Hall–Kier alpha value is -2.76. The van der Waals surface area contributed by atoms with Crippen molar-refractivity contribution in [2.75, 3.05) is 19.3 Å². The molecule has 0 aliphatic carbocycles. The van der Waals surface area contributed by atoms with Gasteiger partial charge < -0.3 is 5.32 Å². The lowest BCUT2D eigenvalue weighted by atomic mass is 9.98. The van der Waals surface area contributed by atoms with Crippen LogP contribution >= 0.6 is 11.3 Å². The van der Waals surface area contributed by atoms with Gasteiger partial charge in [0.05, 0.1) is 11.7 Å². The number of nitrogens with one attached hydrogen (secondary N) is 1. The Morgan fingerprint density at radius 1 is 1.06 bits per heavy atom. The number of imide groups is 2. The Labute approximate surface area is 204 Å². The molecule has 5 amide bonds. The zero-order chi connectivity index (χ0) is 25.3. The summed E-state index contributed by atoms with van der Waals surface area (Å²) in [6.45, 7) is 3.76. The molecule has 0 aliphatic heterocycles. The third kappa shape index (κ3) is 7.64. The van der Waals surface area contributed by atoms with Gasteiger partial charge in [-0.05, 0) is 35.8 Å². The van der Waals surface area contributed by atoms with Gasteiger partial charge in [0.2, 0.25) is 0 Å². The topological polar surface area (TPSA) is 124 Å². The van der Waals surface area contributed by atoms with Crippen LogP contribution in [0.5, 0.6) is 0 Å². The van der Waals surface area contributed by atoms with Gasteiger partial charge in [-0.3, -0.25) is 10.0 Å². The number of urea groups is 2. The van der Waals surface area contributed by atoms with Crippen LogP contribution in [0.25, 0.3) is 0 Å². The first-order chi connectivity index (χ1) is 16.1. The molecule has 2 aromatic rings. The minimum atomic E-state index is -3.80. The van der Waals surface area contributed by atoms with Crippen LogP contribution in [0.4, 0.5) is 9.59 Å². The highest BCUT2D eigenvalue weighted by Crippen LogP contribution is 2.24. The van der Waals surface area contributed by atoms with E-state index >= 15 is 0 Å². The summed E-state index contributed by atoms with van der Waals surface area (Å²) < 4.78 is 25.7. The number of benzene rings is 1. The van der Waals surface area contributed by atoms with E-state index in [-0.39, 0.29) is 28.2 Å². The van der Waals surface area contributed by atoms with Gasteiger partial charge in [0.25, 0.3) is 5.91 Å². The highest BCUT2D eigenvalue weighted by molar-refractivity contribution is 7.93. The van der Waals surface area contributed by atoms with E-state index < -0.39 is 39.5 Å². The van der Waals surface area contributed by atoms with Crippen LogP contribution in [-0.4, -0.2) is 60.9 Å². The summed E-state index contributed by atoms with van der Waals surface area (Å²) in [5.74, 6) is -2.58. The van der Waals surface area contributed by atoms with Crippen LogP contribution in [0, 0.1) is 11.8 Å². The van der Waals surface area contributed by atoms with Gasteiger partial charge in [0, 0.05) is 13.6 Å². The quantitative estimate of drug-likeness (QED) is 0.371. The van der Waals surface area contributed by atoms with Gasteiger partial charge in [-0.1, -0.05) is 56.7 Å². The molecule has 0 radical (unpaired) electrons. The van der Waals surface area contributed by atoms with Gasteiger partial charge in [0.1, 0.15) is 4.21 Å². The molecular weight excluding hydrogens is 478 g/mol. The summed E-state index contributed by atoms with van der Waals surface area (Å²) in [6.07, 6.45) is 0.993. The molecule has 0 saturated carbocycles. The van der Waals surface area contributed by atoms with E-state index in [1.54, 1.807) is 11.4 Å². The van der Waals surface area contributed by atoms with E-state index in [4.69, 9.17) is 0 Å². The van der Waals surface area contributed by atoms with Crippen molar-refractivity contribution in [1.82, 2.24) is 15.3 Å². The number of thiophene rings is 1. The minimum absolute atomic E-state index is 0.0863. The standard InChI is InChI=1S/C23H31N3O6S2/c1-17(2)11-12-19(16-34(31,32)20-10-7-15-33-20)21(27)26(30)23(29)25(22(28)24-3)14-13-18-8-5-4-6-9-18/h4-10,15,17,19,30H,11-14,16H2,1-3H3,(H,24,28)/t19-/m1/s1. The number of carbonyl (C=O) groups is 3. The van der Waals surface area contributed by atoms with Gasteiger partial charge in [-0.15, -0.1) is 16.4 Å². The molecule has 1 aromatic carbocycles. The molecular formula is C23H31N3O6S2. The third-order valence-electron chi connectivity index (χ3n) is 5.21. The lowest BCUT2D eigenvalue weighted by Crippen LogP contribution is -2.52. The van der Waals surface area contributed by atoms with Crippen molar-refractivity contribution in [2.24, 2.45) is 11.8 Å². The van der Waals surface area contributed by atoms with Crippen molar-refractivity contribution in [3.8, 4) is 0 Å². The third-order valence-corrected chi connectivity index (χ3v) is 8.51. The van der Waals surface area contributed by atoms with Crippen molar-refractivity contribution in [1.29, 1.82) is 0 Å². The molecule has 186 valence electrons. The van der Waals surface area contributed by atoms with Crippen LogP contribution in [0.15, 0.2) is 52.1 Å². The van der Waals surface area contributed by atoms with Crippen molar-refractivity contribution < 1.29 is 28.0 Å². The molecule has 0 aliphatic rings. The lowest BCUT2D eigenvalue weighted by molar-refractivity contribution is -0.158. The van der Waals surface area contributed by atoms with Gasteiger partial charge in [0.15, 0.2) is 9.84 Å². The zero-order valence-corrected chi connectivity index (χ0v) is 21.1. The van der Waals surface area contributed by atoms with E-state index in [9.17, 15) is 28.0 Å². The maximum atomic E-state index is 13.1. The Bertz CT molecular complexity index is 1060. The van der Waals surface area contributed by atoms with Crippen LogP contribution in [0.3, 0.4) is 0 Å². The first-order valence-corrected chi connectivity index (χ1v) is 13.5. The molecule has 9 nitrogen and oxygen atoms in total. The number of sulfone groups is 1. The maximum absolute atomic E-state index is 13.1. The van der Waals surface area contributed by atoms with Crippen LogP contribution < -0.4 is 5.32 Å². The second kappa shape index (κ2) is 12.6. The molecule has 1 heterocycles. The predicted molar refractivity (Wildman–Crippen MR) is 129 cm³/mol. The number of hydrogen-bond donors (Lipinski definition) is 2. The highest BCUT2D eigenvalue weighted by Gasteiger charge is 2.36. The monoisotopic (exact) mass is 509 g/mol. The SMILES string of the molecule is CNC(=O)N(CCc1ccccc1)C(=O)N(O)C(=O)[C@H](CCC(C)C)CS(=O)(=O)c1cccs1. The number of amides is 5. The molecule has 2 N–H and O–H groups in total. The van der Waals surface area contributed by atoms with E-state index in [0.29, 0.717) is 12.8 Å². The fourth-order valence-corrected chi connectivity index (χ4v) is 5.98. The van der Waals surface area contributed by atoms with Gasteiger partial charge >= 0.3 is 12.1 Å². The second-order valence-corrected chi connectivity index (χ2v) is 11.5. The summed E-state index contributed by atoms with van der Waals surface area (Å²) in [5.41, 5.74) is 0.858. The maximum Gasteiger partial charge on any atom is 0.359 e.